The standard InChI is InChI=1S/C17H28ClN3O2/c1-6-23-16-8-7-15(18)9-14(16)12-21(5)17(22)19-10-13(2)11-20(3)4/h7-9,13H,6,10-12H2,1-5H3,(H,19,22)/t13-/m0/s1. The molecule has 1 rings (SSSR count). The number of hydrogen-bond donors (Lipinski definition) is 1. The molecule has 1 atom stereocenters. The number of nitrogens with one attached hydrogen (secondary N) is 1. The van der Waals surface area contributed by atoms with Crippen molar-refractivity contribution in [3.8, 4) is 5.75 Å². The van der Waals surface area contributed by atoms with Gasteiger partial charge in [0.05, 0.1) is 13.2 Å². The zero-order valence-electron chi connectivity index (χ0n) is 14.7. The Morgan fingerprint density at radius 1 is 1.35 bits per heavy atom. The second-order valence-electron chi connectivity index (χ2n) is 6.09. The molecule has 1 N–H and O–H groups in total. The van der Waals surface area contributed by atoms with Crippen LogP contribution >= 0.6 is 11.6 Å². The van der Waals surface area contributed by atoms with Crippen molar-refractivity contribution in [2.45, 2.75) is 20.4 Å². The smallest absolute Gasteiger partial charge is 0.317 e. The maximum Gasteiger partial charge on any atom is 0.317 e. The van der Waals surface area contributed by atoms with Gasteiger partial charge in [-0.1, -0.05) is 18.5 Å². The second kappa shape index (κ2) is 9.63. The van der Waals surface area contributed by atoms with Crippen molar-refractivity contribution < 1.29 is 9.53 Å². The fourth-order valence-corrected chi connectivity index (χ4v) is 2.57. The van der Waals surface area contributed by atoms with Crippen molar-refractivity contribution in [2.24, 2.45) is 5.92 Å². The second-order valence-corrected chi connectivity index (χ2v) is 6.53. The average Bonchev–Trinajstić information content (AvgIpc) is 2.47. The van der Waals surface area contributed by atoms with Crippen LogP contribution in [0.4, 0.5) is 4.79 Å². The summed E-state index contributed by atoms with van der Waals surface area (Å²) in [7, 11) is 5.82. The van der Waals surface area contributed by atoms with Crippen LogP contribution < -0.4 is 10.1 Å². The minimum atomic E-state index is -0.0990. The topological polar surface area (TPSA) is 44.8 Å². The third kappa shape index (κ3) is 7.10. The SMILES string of the molecule is CCOc1ccc(Cl)cc1CN(C)C(=O)NC[C@H](C)CN(C)C. The van der Waals surface area contributed by atoms with Gasteiger partial charge in [0.1, 0.15) is 5.75 Å². The lowest BCUT2D eigenvalue weighted by molar-refractivity contribution is 0.203. The molecule has 0 radical (unpaired) electrons. The minimum absolute atomic E-state index is 0.0990. The quantitative estimate of drug-likeness (QED) is 0.790. The fraction of sp³-hybridized carbons (Fsp3) is 0.588. The molecule has 23 heavy (non-hydrogen) atoms. The summed E-state index contributed by atoms with van der Waals surface area (Å²) >= 11 is 6.05. The van der Waals surface area contributed by atoms with E-state index in [2.05, 4.69) is 17.1 Å². The van der Waals surface area contributed by atoms with Crippen molar-refractivity contribution in [1.82, 2.24) is 15.1 Å². The van der Waals surface area contributed by atoms with E-state index in [1.54, 1.807) is 18.0 Å². The number of benzene rings is 1. The molecule has 0 aromatic heterocycles. The molecule has 6 heteroatoms. The Kier molecular flexibility index (Phi) is 8.20. The summed E-state index contributed by atoms with van der Waals surface area (Å²) in [6, 6.07) is 5.37. The molecule has 0 aliphatic rings. The number of hydrogen-bond acceptors (Lipinski definition) is 3. The van der Waals surface area contributed by atoms with Gasteiger partial charge in [-0.25, -0.2) is 4.79 Å². The lowest BCUT2D eigenvalue weighted by atomic mass is 10.1. The number of rotatable bonds is 8. The number of carbonyl (C=O) groups is 1. The van der Waals surface area contributed by atoms with Gasteiger partial charge in [-0.3, -0.25) is 0 Å². The summed E-state index contributed by atoms with van der Waals surface area (Å²) in [5.41, 5.74) is 0.901. The van der Waals surface area contributed by atoms with Gasteiger partial charge in [-0.2, -0.15) is 0 Å². The van der Waals surface area contributed by atoms with E-state index in [0.29, 0.717) is 30.6 Å². The lowest BCUT2D eigenvalue weighted by Crippen LogP contribution is -2.40. The van der Waals surface area contributed by atoms with Crippen LogP contribution in [0.15, 0.2) is 18.2 Å². The fourth-order valence-electron chi connectivity index (χ4n) is 2.38. The number of amides is 2. The molecular weight excluding hydrogens is 314 g/mol. The van der Waals surface area contributed by atoms with Crippen LogP contribution in [-0.4, -0.2) is 56.7 Å². The highest BCUT2D eigenvalue weighted by Gasteiger charge is 2.14. The van der Waals surface area contributed by atoms with Crippen LogP contribution in [0.3, 0.4) is 0 Å². The number of nitrogens with zero attached hydrogens (tertiary/aromatic N) is 2. The van der Waals surface area contributed by atoms with E-state index in [0.717, 1.165) is 17.9 Å². The monoisotopic (exact) mass is 341 g/mol. The van der Waals surface area contributed by atoms with Crippen molar-refractivity contribution in [1.29, 1.82) is 0 Å². The third-order valence-corrected chi connectivity index (χ3v) is 3.59. The molecule has 0 unspecified atom stereocenters. The highest BCUT2D eigenvalue weighted by molar-refractivity contribution is 6.30. The number of urea groups is 1. The predicted molar refractivity (Wildman–Crippen MR) is 95.2 cm³/mol. The first-order chi connectivity index (χ1) is 10.8. The first-order valence-electron chi connectivity index (χ1n) is 7.88. The summed E-state index contributed by atoms with van der Waals surface area (Å²) < 4.78 is 5.59. The Balaban J connectivity index is 2.59. The molecule has 5 nitrogen and oxygen atoms in total. The van der Waals surface area contributed by atoms with E-state index in [1.807, 2.05) is 33.2 Å². The highest BCUT2D eigenvalue weighted by Crippen LogP contribution is 2.24. The zero-order valence-corrected chi connectivity index (χ0v) is 15.5. The third-order valence-electron chi connectivity index (χ3n) is 3.36. The Hall–Kier alpha value is -1.46. The van der Waals surface area contributed by atoms with Gasteiger partial charge in [0, 0.05) is 30.7 Å². The normalized spacial score (nSPS) is 12.1. The molecule has 0 saturated carbocycles. The Morgan fingerprint density at radius 3 is 2.65 bits per heavy atom. The van der Waals surface area contributed by atoms with E-state index in [1.165, 1.54) is 0 Å². The lowest BCUT2D eigenvalue weighted by Gasteiger charge is -2.22. The van der Waals surface area contributed by atoms with Crippen molar-refractivity contribution in [3.05, 3.63) is 28.8 Å². The van der Waals surface area contributed by atoms with E-state index in [-0.39, 0.29) is 6.03 Å². The highest BCUT2D eigenvalue weighted by atomic mass is 35.5. The molecule has 0 aliphatic carbocycles. The number of ether oxygens (including phenoxy) is 1. The van der Waals surface area contributed by atoms with E-state index in [9.17, 15) is 4.79 Å². The molecule has 0 bridgehead atoms. The zero-order chi connectivity index (χ0) is 17.4. The molecule has 0 fully saturated rings. The van der Waals surface area contributed by atoms with Crippen LogP contribution in [-0.2, 0) is 6.54 Å². The molecular formula is C17H28ClN3O2. The molecule has 1 aromatic rings. The summed E-state index contributed by atoms with van der Waals surface area (Å²) in [6.07, 6.45) is 0. The van der Waals surface area contributed by atoms with Gasteiger partial charge in [-0.05, 0) is 45.1 Å². The Bertz CT molecular complexity index is 509. The average molecular weight is 342 g/mol. The molecule has 0 aliphatic heterocycles. The molecule has 130 valence electrons. The Morgan fingerprint density at radius 2 is 2.04 bits per heavy atom. The van der Waals surface area contributed by atoms with Gasteiger partial charge >= 0.3 is 6.03 Å². The van der Waals surface area contributed by atoms with Gasteiger partial charge in [-0.15, -0.1) is 0 Å². The van der Waals surface area contributed by atoms with Gasteiger partial charge in [0.15, 0.2) is 0 Å². The van der Waals surface area contributed by atoms with Crippen LogP contribution in [0.2, 0.25) is 5.02 Å². The van der Waals surface area contributed by atoms with Crippen LogP contribution in [0.5, 0.6) is 5.75 Å². The van der Waals surface area contributed by atoms with Gasteiger partial charge in [0.2, 0.25) is 0 Å². The maximum absolute atomic E-state index is 12.2. The summed E-state index contributed by atoms with van der Waals surface area (Å²) in [5, 5.41) is 3.60. The predicted octanol–water partition coefficient (Wildman–Crippen LogP) is 3.08. The van der Waals surface area contributed by atoms with Crippen molar-refractivity contribution in [2.75, 3.05) is 40.8 Å². The van der Waals surface area contributed by atoms with Gasteiger partial charge in [0.25, 0.3) is 0 Å². The summed E-state index contributed by atoms with van der Waals surface area (Å²) in [4.78, 5) is 16.0. The molecule has 0 spiro atoms. The molecule has 2 amide bonds. The van der Waals surface area contributed by atoms with Crippen molar-refractivity contribution >= 4 is 17.6 Å². The first-order valence-corrected chi connectivity index (χ1v) is 8.26. The number of carbonyl (C=O) groups excluding carboxylic acids is 1. The van der Waals surface area contributed by atoms with Crippen LogP contribution in [0, 0.1) is 5.92 Å². The van der Waals surface area contributed by atoms with Crippen molar-refractivity contribution in [3.63, 3.8) is 0 Å². The maximum atomic E-state index is 12.2. The number of halogens is 1. The first kappa shape index (κ1) is 19.6. The van der Waals surface area contributed by atoms with Crippen LogP contribution in [0.25, 0.3) is 0 Å². The molecule has 0 saturated heterocycles. The minimum Gasteiger partial charge on any atom is -0.494 e. The van der Waals surface area contributed by atoms with Gasteiger partial charge < -0.3 is 19.9 Å². The Labute approximate surface area is 144 Å². The summed E-state index contributed by atoms with van der Waals surface area (Å²) in [6.45, 7) is 6.66. The summed E-state index contributed by atoms with van der Waals surface area (Å²) in [5.74, 6) is 1.16. The largest absolute Gasteiger partial charge is 0.494 e. The molecule has 1 aromatic carbocycles. The molecule has 0 heterocycles. The van der Waals surface area contributed by atoms with E-state index in [4.69, 9.17) is 16.3 Å². The van der Waals surface area contributed by atoms with Crippen LogP contribution in [0.1, 0.15) is 19.4 Å². The van der Waals surface area contributed by atoms with E-state index < -0.39 is 0 Å². The van der Waals surface area contributed by atoms with E-state index >= 15 is 0 Å².